The van der Waals surface area contributed by atoms with Gasteiger partial charge in [0.1, 0.15) is 22.6 Å². The minimum absolute atomic E-state index is 0.0211. The minimum atomic E-state index is -1.76. The van der Waals surface area contributed by atoms with E-state index in [1.807, 2.05) is 6.07 Å². The second-order valence-corrected chi connectivity index (χ2v) is 12.1. The number of nitrogens with two attached hydrogens (primary N) is 1. The molecule has 5 rings (SSSR count). The van der Waals surface area contributed by atoms with Gasteiger partial charge in [-0.3, -0.25) is 14.5 Å². The van der Waals surface area contributed by atoms with Crippen LogP contribution in [0.3, 0.4) is 0 Å². The number of carbonyl (C=O) groups is 4. The van der Waals surface area contributed by atoms with Crippen LogP contribution in [0.1, 0.15) is 19.5 Å². The van der Waals surface area contributed by atoms with Crippen LogP contribution >= 0.6 is 34.4 Å². The van der Waals surface area contributed by atoms with Crippen molar-refractivity contribution in [3.63, 3.8) is 0 Å². The van der Waals surface area contributed by atoms with Crippen molar-refractivity contribution >= 4 is 79.2 Å². The molecule has 2 atom stereocenters. The summed E-state index contributed by atoms with van der Waals surface area (Å²) >= 11 is 3.80. The Labute approximate surface area is 238 Å². The van der Waals surface area contributed by atoms with Crippen molar-refractivity contribution in [2.45, 2.75) is 37.4 Å². The number of thioether (sulfide) groups is 1. The van der Waals surface area contributed by atoms with Gasteiger partial charge in [0, 0.05) is 22.8 Å². The number of nitrogens with one attached hydrogen (secondary N) is 1. The monoisotopic (exact) mass is 603 g/mol. The summed E-state index contributed by atoms with van der Waals surface area (Å²) in [6.07, 6.45) is 3.60. The molecular weight excluding hydrogens is 582 g/mol. The first kappa shape index (κ1) is 27.5. The number of carboxylic acid groups (broad SMARTS) is 2. The van der Waals surface area contributed by atoms with E-state index in [-0.39, 0.29) is 34.5 Å². The molecule has 3 aromatic rings. The molecule has 17 heteroatoms. The maximum Gasteiger partial charge on any atom is 0.350 e. The molecular formula is C23H21N7O7S3. The highest BCUT2D eigenvalue weighted by atomic mass is 32.2. The lowest BCUT2D eigenvalue weighted by Crippen LogP contribution is -2.71. The average Bonchev–Trinajstić information content (AvgIpc) is 3.55. The molecule has 1 saturated heterocycles. The molecule has 4 N–H and O–H groups in total. The molecule has 2 aliphatic rings. The Morgan fingerprint density at radius 2 is 2.15 bits per heavy atom. The highest BCUT2D eigenvalue weighted by molar-refractivity contribution is 8.00. The topological polar surface area (TPSA) is 204 Å². The third-order valence-corrected chi connectivity index (χ3v) is 8.91. The van der Waals surface area contributed by atoms with E-state index in [2.05, 4.69) is 20.4 Å². The SMILES string of the molecule is CC(C)(O/N=C(\C(=O)NC1C(=O)N2C(C(=O)[O-])=C(C[n+]3ccc4scnc4c3)CS[C@H]12)c1csc(N)n1)C(=O)O. The second-order valence-electron chi connectivity index (χ2n) is 9.24. The van der Waals surface area contributed by atoms with Gasteiger partial charge in [-0.25, -0.2) is 14.8 Å². The Hall–Kier alpha value is -4.09. The van der Waals surface area contributed by atoms with Gasteiger partial charge in [-0.05, 0) is 13.8 Å². The maximum absolute atomic E-state index is 13.2. The molecule has 14 nitrogen and oxygen atoms in total. The molecule has 208 valence electrons. The smallest absolute Gasteiger partial charge is 0.350 e. The lowest BCUT2D eigenvalue weighted by molar-refractivity contribution is -0.687. The van der Waals surface area contributed by atoms with E-state index in [1.165, 1.54) is 42.3 Å². The summed E-state index contributed by atoms with van der Waals surface area (Å²) in [7, 11) is 0. The van der Waals surface area contributed by atoms with E-state index in [0.717, 1.165) is 26.5 Å². The van der Waals surface area contributed by atoms with E-state index >= 15 is 0 Å². The fraction of sp³-hybridized carbons (Fsp3) is 0.304. The first-order valence-electron chi connectivity index (χ1n) is 11.6. The predicted octanol–water partition coefficient (Wildman–Crippen LogP) is -0.689. The molecule has 3 aromatic heterocycles. The number of fused-ring (bicyclic) bond motifs is 2. The minimum Gasteiger partial charge on any atom is -0.543 e. The number of pyridine rings is 1. The Kier molecular flexibility index (Phi) is 7.19. The zero-order valence-corrected chi connectivity index (χ0v) is 23.3. The first-order valence-corrected chi connectivity index (χ1v) is 14.4. The van der Waals surface area contributed by atoms with Crippen LogP contribution in [-0.4, -0.2) is 72.2 Å². The van der Waals surface area contributed by atoms with Crippen molar-refractivity contribution in [2.24, 2.45) is 5.16 Å². The largest absolute Gasteiger partial charge is 0.543 e. The average molecular weight is 604 g/mol. The van der Waals surface area contributed by atoms with E-state index in [4.69, 9.17) is 10.6 Å². The summed E-state index contributed by atoms with van der Waals surface area (Å²) in [6.45, 7) is 2.69. The number of oxime groups is 1. The van der Waals surface area contributed by atoms with Crippen LogP contribution in [0, 0.1) is 0 Å². The van der Waals surface area contributed by atoms with E-state index < -0.39 is 40.8 Å². The molecule has 1 fully saturated rings. The number of nitrogen functional groups attached to an aromatic ring is 1. The van der Waals surface area contributed by atoms with Crippen molar-refractivity contribution in [1.82, 2.24) is 20.2 Å². The Balaban J connectivity index is 1.36. The fourth-order valence-electron chi connectivity index (χ4n) is 3.97. The molecule has 2 amide bonds. The zero-order chi connectivity index (χ0) is 28.8. The zero-order valence-electron chi connectivity index (χ0n) is 20.9. The summed E-state index contributed by atoms with van der Waals surface area (Å²) in [6, 6.07) is 0.794. The van der Waals surface area contributed by atoms with E-state index in [9.17, 15) is 29.4 Å². The maximum atomic E-state index is 13.2. The van der Waals surface area contributed by atoms with Crippen LogP contribution in [0.5, 0.6) is 0 Å². The number of thiazole rings is 2. The van der Waals surface area contributed by atoms with E-state index in [1.54, 1.807) is 22.5 Å². The number of rotatable bonds is 9. The van der Waals surface area contributed by atoms with Crippen molar-refractivity contribution in [2.75, 3.05) is 11.5 Å². The lowest BCUT2D eigenvalue weighted by atomic mass is 10.0. The highest BCUT2D eigenvalue weighted by Crippen LogP contribution is 2.40. The molecule has 5 heterocycles. The van der Waals surface area contributed by atoms with Crippen LogP contribution in [0.15, 0.2) is 45.8 Å². The van der Waals surface area contributed by atoms with Gasteiger partial charge >= 0.3 is 5.97 Å². The number of anilines is 1. The third-order valence-electron chi connectivity index (χ3n) is 6.09. The van der Waals surface area contributed by atoms with Crippen molar-refractivity contribution in [3.8, 4) is 0 Å². The number of carbonyl (C=O) groups excluding carboxylic acids is 3. The summed E-state index contributed by atoms with van der Waals surface area (Å²) in [5, 5.41) is 28.6. The van der Waals surface area contributed by atoms with Crippen LogP contribution in [0.2, 0.25) is 0 Å². The van der Waals surface area contributed by atoms with Crippen LogP contribution in [-0.2, 0) is 30.6 Å². The van der Waals surface area contributed by atoms with Crippen molar-refractivity contribution in [3.05, 3.63) is 46.3 Å². The number of hydrogen-bond acceptors (Lipinski definition) is 13. The predicted molar refractivity (Wildman–Crippen MR) is 143 cm³/mol. The van der Waals surface area contributed by atoms with Crippen molar-refractivity contribution < 1.29 is 38.8 Å². The quantitative estimate of drug-likeness (QED) is 0.121. The van der Waals surface area contributed by atoms with Crippen LogP contribution in [0.4, 0.5) is 5.13 Å². The van der Waals surface area contributed by atoms with Gasteiger partial charge in [0.2, 0.25) is 5.60 Å². The molecule has 2 aliphatic heterocycles. The fourth-order valence-corrected chi connectivity index (χ4v) is 6.50. The first-order chi connectivity index (χ1) is 19.0. The molecule has 0 radical (unpaired) electrons. The molecule has 1 unspecified atom stereocenters. The standard InChI is InChI=1S/C23H21N7O7S3/c1-23(2,21(35)36)37-28-14(12-8-39-22(24)26-12)17(31)27-15-18(32)30-16(20(33)34)10(7-38-19(15)30)5-29-4-3-13-11(6-29)25-9-40-13/h3-4,6,8-9,15,19H,5,7H2,1-2H3,(H4-,24,26,27,31,33,34,35,36)/b28-14-/t15?,19-/m1/s1. The summed E-state index contributed by atoms with van der Waals surface area (Å²) in [5.74, 6) is -4.07. The molecule has 0 saturated carbocycles. The van der Waals surface area contributed by atoms with E-state index in [0.29, 0.717) is 5.57 Å². The van der Waals surface area contributed by atoms with Crippen molar-refractivity contribution in [1.29, 1.82) is 0 Å². The number of carboxylic acids is 2. The molecule has 0 spiro atoms. The number of amides is 2. The van der Waals surface area contributed by atoms with Gasteiger partial charge in [-0.1, -0.05) is 5.16 Å². The number of nitrogens with zero attached hydrogens (tertiary/aromatic N) is 5. The summed E-state index contributed by atoms with van der Waals surface area (Å²) < 4.78 is 2.77. The van der Waals surface area contributed by atoms with Gasteiger partial charge < -0.3 is 30.9 Å². The van der Waals surface area contributed by atoms with Gasteiger partial charge in [0.25, 0.3) is 11.8 Å². The van der Waals surface area contributed by atoms with Crippen LogP contribution < -0.4 is 20.7 Å². The normalized spacial score (nSPS) is 19.3. The van der Waals surface area contributed by atoms with Gasteiger partial charge in [0.15, 0.2) is 29.8 Å². The summed E-state index contributed by atoms with van der Waals surface area (Å²) in [4.78, 5) is 64.3. The third kappa shape index (κ3) is 5.09. The molecule has 40 heavy (non-hydrogen) atoms. The Morgan fingerprint density at radius 1 is 1.38 bits per heavy atom. The summed E-state index contributed by atoms with van der Waals surface area (Å²) in [5.41, 5.74) is 6.27. The lowest BCUT2D eigenvalue weighted by Gasteiger charge is -2.50. The molecule has 0 aromatic carbocycles. The number of aromatic nitrogens is 3. The van der Waals surface area contributed by atoms with Crippen LogP contribution in [0.25, 0.3) is 10.2 Å². The highest BCUT2D eigenvalue weighted by Gasteiger charge is 2.53. The van der Waals surface area contributed by atoms with Gasteiger partial charge in [0.05, 0.1) is 21.9 Å². The molecule has 0 bridgehead atoms. The number of β-lactam (4-membered cyclic amide) rings is 1. The second kappa shape index (κ2) is 10.5. The number of aliphatic carboxylic acids is 2. The van der Waals surface area contributed by atoms with Gasteiger partial charge in [-0.2, -0.15) is 4.57 Å². The van der Waals surface area contributed by atoms with Gasteiger partial charge in [-0.15, -0.1) is 34.4 Å². The Bertz CT molecular complexity index is 1610. The Morgan fingerprint density at radius 3 is 2.83 bits per heavy atom. The number of hydrogen-bond donors (Lipinski definition) is 3. The molecule has 0 aliphatic carbocycles.